The quantitative estimate of drug-likeness (QED) is 0.466. The molecule has 0 rings (SSSR count). The van der Waals surface area contributed by atoms with E-state index >= 15 is 0 Å². The Morgan fingerprint density at radius 2 is 1.88 bits per heavy atom. The van der Waals surface area contributed by atoms with Crippen molar-refractivity contribution in [3.63, 3.8) is 0 Å². The van der Waals surface area contributed by atoms with E-state index in [0.717, 1.165) is 6.42 Å². The summed E-state index contributed by atoms with van der Waals surface area (Å²) in [6.45, 7) is 5.37. The molecule has 0 spiro atoms. The van der Waals surface area contributed by atoms with Gasteiger partial charge in [0.25, 0.3) is 0 Å². The lowest BCUT2D eigenvalue weighted by molar-refractivity contribution is -0.141. The van der Waals surface area contributed by atoms with Gasteiger partial charge in [-0.1, -0.05) is 13.8 Å². The van der Waals surface area contributed by atoms with Gasteiger partial charge in [0.15, 0.2) is 0 Å². The molecule has 0 saturated heterocycles. The van der Waals surface area contributed by atoms with Crippen molar-refractivity contribution in [1.29, 1.82) is 0 Å². The number of carbonyl (C=O) groups excluding carboxylic acids is 1. The third-order valence-electron chi connectivity index (χ3n) is 2.26. The van der Waals surface area contributed by atoms with E-state index in [9.17, 15) is 9.59 Å². The van der Waals surface area contributed by atoms with Crippen LogP contribution in [0.4, 0.5) is 0 Å². The smallest absolute Gasteiger partial charge is 0.327 e. The Hall–Kier alpha value is -1.14. The fraction of sp³-hybridized carbons (Fsp3) is 0.818. The molecule has 0 aromatic carbocycles. The molecular weight excluding hydrogens is 224 g/mol. The summed E-state index contributed by atoms with van der Waals surface area (Å²) in [6, 6.07) is -1.11. The Labute approximate surface area is 101 Å². The Balaban J connectivity index is 4.17. The van der Waals surface area contributed by atoms with E-state index < -0.39 is 12.0 Å². The van der Waals surface area contributed by atoms with Crippen LogP contribution in [0.5, 0.6) is 0 Å². The predicted octanol–water partition coefficient (Wildman–Crippen LogP) is -0.428. The summed E-state index contributed by atoms with van der Waals surface area (Å²) in [4.78, 5) is 21.6. The fourth-order valence-electron chi connectivity index (χ4n) is 1.52. The highest BCUT2D eigenvalue weighted by Crippen LogP contribution is 2.03. The highest BCUT2D eigenvalue weighted by molar-refractivity contribution is 5.82. The van der Waals surface area contributed by atoms with Gasteiger partial charge in [-0.25, -0.2) is 4.79 Å². The summed E-state index contributed by atoms with van der Waals surface area (Å²) in [6.07, 6.45) is 0.753. The summed E-state index contributed by atoms with van der Waals surface area (Å²) in [5.41, 5.74) is 0. The van der Waals surface area contributed by atoms with Crippen LogP contribution >= 0.6 is 0 Å². The van der Waals surface area contributed by atoms with Gasteiger partial charge in [-0.15, -0.1) is 0 Å². The number of aliphatic carboxylic acids is 1. The van der Waals surface area contributed by atoms with Crippen LogP contribution in [0, 0.1) is 5.92 Å². The van der Waals surface area contributed by atoms with Crippen LogP contribution in [0.2, 0.25) is 0 Å². The predicted molar refractivity (Wildman–Crippen MR) is 63.6 cm³/mol. The van der Waals surface area contributed by atoms with Crippen LogP contribution in [-0.2, 0) is 9.59 Å². The molecule has 0 bridgehead atoms. The monoisotopic (exact) mass is 246 g/mol. The van der Waals surface area contributed by atoms with Crippen molar-refractivity contribution < 1.29 is 19.8 Å². The number of hydrogen-bond acceptors (Lipinski definition) is 4. The second-order valence-corrected chi connectivity index (χ2v) is 4.51. The molecule has 0 radical (unpaired) electrons. The van der Waals surface area contributed by atoms with Gasteiger partial charge in [0, 0.05) is 19.5 Å². The topological polar surface area (TPSA) is 98.7 Å². The molecule has 1 amide bonds. The molecule has 6 nitrogen and oxygen atoms in total. The maximum atomic E-state index is 10.8. The molecule has 0 aromatic rings. The summed E-state index contributed by atoms with van der Waals surface area (Å²) in [5, 5.41) is 23.3. The number of rotatable bonds is 8. The van der Waals surface area contributed by atoms with E-state index in [2.05, 4.69) is 10.6 Å². The summed E-state index contributed by atoms with van der Waals surface area (Å²) >= 11 is 0. The van der Waals surface area contributed by atoms with E-state index in [1.807, 2.05) is 13.8 Å². The second kappa shape index (κ2) is 8.03. The lowest BCUT2D eigenvalue weighted by atomic mass is 10.0. The SMILES string of the molecule is CC(=O)NC(CNC(CO)CC(C)C)C(=O)O. The first-order valence-corrected chi connectivity index (χ1v) is 5.71. The lowest BCUT2D eigenvalue weighted by Gasteiger charge is -2.21. The van der Waals surface area contributed by atoms with Gasteiger partial charge >= 0.3 is 5.97 Å². The molecule has 0 aliphatic heterocycles. The van der Waals surface area contributed by atoms with Crippen LogP contribution in [0.15, 0.2) is 0 Å². The molecule has 2 unspecified atom stereocenters. The van der Waals surface area contributed by atoms with E-state index in [1.54, 1.807) is 0 Å². The van der Waals surface area contributed by atoms with Gasteiger partial charge < -0.3 is 20.8 Å². The zero-order chi connectivity index (χ0) is 13.4. The van der Waals surface area contributed by atoms with Crippen molar-refractivity contribution in [3.8, 4) is 0 Å². The summed E-state index contributed by atoms with van der Waals surface area (Å²) in [7, 11) is 0. The molecule has 2 atom stereocenters. The molecular formula is C11H22N2O4. The number of aliphatic hydroxyl groups is 1. The van der Waals surface area contributed by atoms with Crippen LogP contribution in [0.1, 0.15) is 27.2 Å². The normalized spacial score (nSPS) is 14.4. The number of nitrogens with one attached hydrogen (secondary N) is 2. The van der Waals surface area contributed by atoms with Gasteiger partial charge in [-0.05, 0) is 12.3 Å². The third-order valence-corrected chi connectivity index (χ3v) is 2.26. The Morgan fingerprint density at radius 1 is 1.29 bits per heavy atom. The highest BCUT2D eigenvalue weighted by Gasteiger charge is 2.19. The molecule has 0 aliphatic carbocycles. The average Bonchev–Trinajstić information content (AvgIpc) is 2.20. The van der Waals surface area contributed by atoms with Crippen molar-refractivity contribution in [3.05, 3.63) is 0 Å². The standard InChI is InChI=1S/C11H22N2O4/c1-7(2)4-9(6-14)12-5-10(11(16)17)13-8(3)15/h7,9-10,12,14H,4-6H2,1-3H3,(H,13,15)(H,16,17). The largest absolute Gasteiger partial charge is 0.480 e. The van der Waals surface area contributed by atoms with Crippen molar-refractivity contribution in [1.82, 2.24) is 10.6 Å². The van der Waals surface area contributed by atoms with E-state index in [0.29, 0.717) is 5.92 Å². The summed E-state index contributed by atoms with van der Waals surface area (Å²) in [5.74, 6) is -1.07. The number of amides is 1. The number of hydrogen-bond donors (Lipinski definition) is 4. The Bertz CT molecular complexity index is 256. The molecule has 0 aliphatic rings. The first-order valence-electron chi connectivity index (χ1n) is 5.71. The van der Waals surface area contributed by atoms with Crippen LogP contribution in [-0.4, -0.2) is 47.3 Å². The molecule has 0 fully saturated rings. The van der Waals surface area contributed by atoms with Crippen LogP contribution < -0.4 is 10.6 Å². The van der Waals surface area contributed by atoms with Crippen molar-refractivity contribution in [2.75, 3.05) is 13.2 Å². The van der Waals surface area contributed by atoms with Crippen molar-refractivity contribution >= 4 is 11.9 Å². The minimum atomic E-state index is -1.09. The molecule has 100 valence electrons. The number of carboxylic acid groups (broad SMARTS) is 1. The van der Waals surface area contributed by atoms with Gasteiger partial charge in [0.05, 0.1) is 6.61 Å². The molecule has 4 N–H and O–H groups in total. The first-order chi connectivity index (χ1) is 7.86. The van der Waals surface area contributed by atoms with Crippen molar-refractivity contribution in [2.45, 2.75) is 39.3 Å². The zero-order valence-electron chi connectivity index (χ0n) is 10.6. The number of aliphatic hydroxyl groups excluding tert-OH is 1. The molecule has 0 heterocycles. The molecule has 17 heavy (non-hydrogen) atoms. The molecule has 6 heteroatoms. The van der Waals surface area contributed by atoms with E-state index in [-0.39, 0.29) is 25.1 Å². The minimum Gasteiger partial charge on any atom is -0.480 e. The van der Waals surface area contributed by atoms with E-state index in [4.69, 9.17) is 10.2 Å². The fourth-order valence-corrected chi connectivity index (χ4v) is 1.52. The van der Waals surface area contributed by atoms with Crippen LogP contribution in [0.25, 0.3) is 0 Å². The number of carboxylic acids is 1. The lowest BCUT2D eigenvalue weighted by Crippen LogP contribution is -2.49. The average molecular weight is 246 g/mol. The highest BCUT2D eigenvalue weighted by atomic mass is 16.4. The zero-order valence-corrected chi connectivity index (χ0v) is 10.6. The maximum Gasteiger partial charge on any atom is 0.327 e. The third kappa shape index (κ3) is 7.70. The van der Waals surface area contributed by atoms with Gasteiger partial charge in [-0.2, -0.15) is 0 Å². The Kier molecular flexibility index (Phi) is 7.49. The van der Waals surface area contributed by atoms with Gasteiger partial charge in [0.2, 0.25) is 5.91 Å². The summed E-state index contributed by atoms with van der Waals surface area (Å²) < 4.78 is 0. The molecule has 0 aromatic heterocycles. The Morgan fingerprint density at radius 3 is 2.24 bits per heavy atom. The molecule has 0 saturated carbocycles. The maximum absolute atomic E-state index is 10.8. The second-order valence-electron chi connectivity index (χ2n) is 4.51. The number of carbonyl (C=O) groups is 2. The van der Waals surface area contributed by atoms with Gasteiger partial charge in [-0.3, -0.25) is 4.79 Å². The van der Waals surface area contributed by atoms with E-state index in [1.165, 1.54) is 6.92 Å². The van der Waals surface area contributed by atoms with Crippen LogP contribution in [0.3, 0.4) is 0 Å². The van der Waals surface area contributed by atoms with Gasteiger partial charge in [0.1, 0.15) is 6.04 Å². The minimum absolute atomic E-state index is 0.0510. The first kappa shape index (κ1) is 15.9. The van der Waals surface area contributed by atoms with Crippen molar-refractivity contribution in [2.24, 2.45) is 5.92 Å².